The van der Waals surface area contributed by atoms with Gasteiger partial charge in [-0.15, -0.1) is 11.3 Å². The van der Waals surface area contributed by atoms with Gasteiger partial charge in [-0.1, -0.05) is 29.8 Å². The van der Waals surface area contributed by atoms with E-state index in [9.17, 15) is 17.6 Å². The number of thiophene rings is 1. The van der Waals surface area contributed by atoms with Crippen LogP contribution in [0, 0.1) is 5.82 Å². The summed E-state index contributed by atoms with van der Waals surface area (Å²) in [5, 5.41) is 4.44. The average molecular weight is 455 g/mol. The molecule has 0 saturated carbocycles. The van der Waals surface area contributed by atoms with Gasteiger partial charge in [0.15, 0.2) is 0 Å². The lowest BCUT2D eigenvalue weighted by Crippen LogP contribution is -2.38. The molecule has 2 aromatic carbocycles. The number of ether oxygens (including phenoxy) is 1. The van der Waals surface area contributed by atoms with Gasteiger partial charge in [-0.05, 0) is 41.8 Å². The number of hydrogen-bond donors (Lipinski definition) is 1. The highest BCUT2D eigenvalue weighted by molar-refractivity contribution is 7.94. The lowest BCUT2D eigenvalue weighted by atomic mass is 10.3. The molecule has 1 heterocycles. The highest BCUT2D eigenvalue weighted by atomic mass is 35.5. The monoisotopic (exact) mass is 454 g/mol. The second-order valence-corrected chi connectivity index (χ2v) is 9.24. The summed E-state index contributed by atoms with van der Waals surface area (Å²) in [6.07, 6.45) is 0. The Kier molecular flexibility index (Phi) is 6.41. The van der Waals surface area contributed by atoms with Gasteiger partial charge in [-0.25, -0.2) is 12.8 Å². The molecule has 0 fully saturated rings. The predicted octanol–water partition coefficient (Wildman–Crippen LogP) is 4.38. The van der Waals surface area contributed by atoms with E-state index < -0.39 is 28.3 Å². The first kappa shape index (κ1) is 21.1. The quantitative estimate of drug-likeness (QED) is 0.574. The summed E-state index contributed by atoms with van der Waals surface area (Å²) < 4.78 is 46.2. The number of benzene rings is 2. The van der Waals surface area contributed by atoms with Crippen LogP contribution in [0.25, 0.3) is 0 Å². The van der Waals surface area contributed by atoms with Gasteiger partial charge in [0.2, 0.25) is 5.91 Å². The van der Waals surface area contributed by atoms with Crippen LogP contribution < -0.4 is 14.4 Å². The molecule has 0 unspecified atom stereocenters. The van der Waals surface area contributed by atoms with Crippen LogP contribution in [0.3, 0.4) is 0 Å². The fourth-order valence-corrected chi connectivity index (χ4v) is 5.34. The number of methoxy groups -OCH3 is 1. The minimum Gasteiger partial charge on any atom is -0.495 e. The van der Waals surface area contributed by atoms with Gasteiger partial charge in [-0.2, -0.15) is 0 Å². The summed E-state index contributed by atoms with van der Waals surface area (Å²) in [5.74, 6) is -0.986. The van der Waals surface area contributed by atoms with Gasteiger partial charge in [0.05, 0.1) is 17.8 Å². The maximum atomic E-state index is 14.4. The van der Waals surface area contributed by atoms with E-state index in [1.54, 1.807) is 23.6 Å². The molecule has 6 nitrogen and oxygen atoms in total. The van der Waals surface area contributed by atoms with Crippen molar-refractivity contribution in [3.8, 4) is 5.75 Å². The third-order valence-electron chi connectivity index (χ3n) is 3.88. The number of amides is 1. The minimum absolute atomic E-state index is 0.000968. The maximum absolute atomic E-state index is 14.4. The van der Waals surface area contributed by atoms with Crippen molar-refractivity contribution in [2.24, 2.45) is 0 Å². The molecule has 152 valence electrons. The van der Waals surface area contributed by atoms with Gasteiger partial charge in [0, 0.05) is 5.69 Å². The number of sulfonamides is 1. The van der Waals surface area contributed by atoms with E-state index in [1.165, 1.54) is 37.4 Å². The molecule has 0 radical (unpaired) electrons. The molecule has 1 N–H and O–H groups in total. The summed E-state index contributed by atoms with van der Waals surface area (Å²) in [5.41, 5.74) is 0.131. The van der Waals surface area contributed by atoms with Gasteiger partial charge in [-0.3, -0.25) is 9.10 Å². The molecule has 0 aliphatic rings. The Hall–Kier alpha value is -2.62. The molecule has 0 aliphatic carbocycles. The zero-order valence-electron chi connectivity index (χ0n) is 15.1. The zero-order valence-corrected chi connectivity index (χ0v) is 17.5. The van der Waals surface area contributed by atoms with Crippen molar-refractivity contribution in [1.29, 1.82) is 0 Å². The van der Waals surface area contributed by atoms with E-state index in [4.69, 9.17) is 16.3 Å². The average Bonchev–Trinajstić information content (AvgIpc) is 3.23. The molecule has 3 rings (SSSR count). The molecule has 0 atom stereocenters. The maximum Gasteiger partial charge on any atom is 0.274 e. The number of halogens is 2. The number of hydrogen-bond acceptors (Lipinski definition) is 5. The zero-order chi connectivity index (χ0) is 21.0. The smallest absolute Gasteiger partial charge is 0.274 e. The van der Waals surface area contributed by atoms with Crippen molar-refractivity contribution >= 4 is 50.2 Å². The Bertz CT molecular complexity index is 1120. The number of para-hydroxylation sites is 1. The van der Waals surface area contributed by atoms with Crippen LogP contribution in [0.4, 0.5) is 15.8 Å². The molecule has 0 bridgehead atoms. The Morgan fingerprint density at radius 3 is 2.59 bits per heavy atom. The Morgan fingerprint density at radius 1 is 1.21 bits per heavy atom. The van der Waals surface area contributed by atoms with Gasteiger partial charge in [0.25, 0.3) is 10.0 Å². The SMILES string of the molecule is COc1ccc(NC(=O)CN(c2ccccc2F)S(=O)(=O)c2cccs2)cc1Cl. The molecular formula is C19H16ClFN2O4S2. The van der Waals surface area contributed by atoms with Crippen LogP contribution in [0.2, 0.25) is 5.02 Å². The topological polar surface area (TPSA) is 75.7 Å². The summed E-state index contributed by atoms with van der Waals surface area (Å²) >= 11 is 7.03. The number of anilines is 2. The lowest BCUT2D eigenvalue weighted by molar-refractivity contribution is -0.114. The Morgan fingerprint density at radius 2 is 1.97 bits per heavy atom. The third kappa shape index (κ3) is 4.69. The Labute approximate surface area is 176 Å². The van der Waals surface area contributed by atoms with Crippen molar-refractivity contribution in [3.63, 3.8) is 0 Å². The molecule has 10 heteroatoms. The van der Waals surface area contributed by atoms with Crippen LogP contribution in [0.15, 0.2) is 64.2 Å². The van der Waals surface area contributed by atoms with Gasteiger partial charge < -0.3 is 10.1 Å². The predicted molar refractivity (Wildman–Crippen MR) is 112 cm³/mol. The number of nitrogens with zero attached hydrogens (tertiary/aromatic N) is 1. The first-order valence-electron chi connectivity index (χ1n) is 8.27. The second kappa shape index (κ2) is 8.81. The highest BCUT2D eigenvalue weighted by Crippen LogP contribution is 2.29. The summed E-state index contributed by atoms with van der Waals surface area (Å²) in [6, 6.07) is 12.9. The minimum atomic E-state index is -4.13. The lowest BCUT2D eigenvalue weighted by Gasteiger charge is -2.23. The normalized spacial score (nSPS) is 11.1. The van der Waals surface area contributed by atoms with Crippen molar-refractivity contribution in [1.82, 2.24) is 0 Å². The molecule has 0 spiro atoms. The molecule has 29 heavy (non-hydrogen) atoms. The van der Waals surface area contributed by atoms with Crippen molar-refractivity contribution < 1.29 is 22.3 Å². The summed E-state index contributed by atoms with van der Waals surface area (Å²) in [4.78, 5) is 12.6. The molecular weight excluding hydrogens is 439 g/mol. The number of carbonyl (C=O) groups is 1. The molecule has 0 saturated heterocycles. The van der Waals surface area contributed by atoms with Crippen LogP contribution in [-0.2, 0) is 14.8 Å². The number of carbonyl (C=O) groups excluding carboxylic acids is 1. The standard InChI is InChI=1S/C19H16ClFN2O4S2/c1-27-17-9-8-13(11-14(17)20)22-18(24)12-23(16-6-3-2-5-15(16)21)29(25,26)19-7-4-10-28-19/h2-11H,12H2,1H3,(H,22,24). The van der Waals surface area contributed by atoms with E-state index in [1.807, 2.05) is 0 Å². The first-order valence-corrected chi connectivity index (χ1v) is 11.0. The Balaban J connectivity index is 1.90. The van der Waals surface area contributed by atoms with E-state index in [2.05, 4.69) is 5.32 Å². The number of rotatable bonds is 7. The van der Waals surface area contributed by atoms with Crippen LogP contribution in [-0.4, -0.2) is 28.0 Å². The van der Waals surface area contributed by atoms with E-state index >= 15 is 0 Å². The van der Waals surface area contributed by atoms with E-state index in [-0.39, 0.29) is 14.9 Å². The molecule has 3 aromatic rings. The van der Waals surface area contributed by atoms with E-state index in [0.717, 1.165) is 21.7 Å². The van der Waals surface area contributed by atoms with E-state index in [0.29, 0.717) is 11.4 Å². The fourth-order valence-electron chi connectivity index (χ4n) is 2.55. The van der Waals surface area contributed by atoms with Crippen molar-refractivity contribution in [3.05, 3.63) is 70.8 Å². The molecule has 1 amide bonds. The fraction of sp³-hybridized carbons (Fsp3) is 0.105. The first-order chi connectivity index (χ1) is 13.8. The summed E-state index contributed by atoms with van der Waals surface area (Å²) in [7, 11) is -2.68. The molecule has 1 aromatic heterocycles. The summed E-state index contributed by atoms with van der Waals surface area (Å²) in [6.45, 7) is -0.620. The van der Waals surface area contributed by atoms with Gasteiger partial charge in [0.1, 0.15) is 22.3 Å². The van der Waals surface area contributed by atoms with Gasteiger partial charge >= 0.3 is 0 Å². The highest BCUT2D eigenvalue weighted by Gasteiger charge is 2.30. The van der Waals surface area contributed by atoms with Crippen LogP contribution >= 0.6 is 22.9 Å². The van der Waals surface area contributed by atoms with Crippen molar-refractivity contribution in [2.45, 2.75) is 4.21 Å². The van der Waals surface area contributed by atoms with Crippen LogP contribution in [0.1, 0.15) is 0 Å². The van der Waals surface area contributed by atoms with Crippen LogP contribution in [0.5, 0.6) is 5.75 Å². The number of nitrogens with one attached hydrogen (secondary N) is 1. The van der Waals surface area contributed by atoms with Crippen molar-refractivity contribution in [2.75, 3.05) is 23.3 Å². The molecule has 0 aliphatic heterocycles. The third-order valence-corrected chi connectivity index (χ3v) is 7.31. The largest absolute Gasteiger partial charge is 0.495 e. The second-order valence-electron chi connectivity index (χ2n) is 5.79.